The molecule has 0 aliphatic carbocycles. The van der Waals surface area contributed by atoms with Crippen LogP contribution in [0.2, 0.25) is 0 Å². The molecule has 0 saturated carbocycles. The van der Waals surface area contributed by atoms with E-state index < -0.39 is 17.0 Å². The Labute approximate surface area is 175 Å². The lowest BCUT2D eigenvalue weighted by molar-refractivity contribution is -0.137. The molecular weight excluding hydrogens is 388 g/mol. The molecule has 160 valence electrons. The first-order valence-electron chi connectivity index (χ1n) is 10.4. The summed E-state index contributed by atoms with van der Waals surface area (Å²) >= 11 is 0. The van der Waals surface area contributed by atoms with E-state index in [1.165, 1.54) is 12.1 Å². The zero-order valence-electron chi connectivity index (χ0n) is 16.8. The summed E-state index contributed by atoms with van der Waals surface area (Å²) in [6.45, 7) is 0.810. The van der Waals surface area contributed by atoms with Gasteiger partial charge in [0, 0.05) is 30.6 Å². The fraction of sp³-hybridized carbons (Fsp3) is 0.435. The third-order valence-corrected chi connectivity index (χ3v) is 6.29. The largest absolute Gasteiger partial charge is 0.396 e. The molecule has 4 rings (SSSR count). The fourth-order valence-electron chi connectivity index (χ4n) is 4.64. The van der Waals surface area contributed by atoms with Gasteiger partial charge in [0.05, 0.1) is 6.61 Å². The summed E-state index contributed by atoms with van der Waals surface area (Å²) in [5, 5.41) is 10.1. The van der Waals surface area contributed by atoms with E-state index in [0.29, 0.717) is 31.5 Å². The van der Waals surface area contributed by atoms with Crippen molar-refractivity contribution in [3.05, 3.63) is 71.3 Å². The molecule has 2 aromatic rings. The average molecular weight is 415 g/mol. The maximum absolute atomic E-state index is 14.2. The Hall–Kier alpha value is -2.35. The highest BCUT2D eigenvalue weighted by atomic mass is 19.1. The number of nitrogens with one attached hydrogen (secondary N) is 2. The molecule has 3 unspecified atom stereocenters. The molecule has 5 nitrogen and oxygen atoms in total. The molecule has 0 radical (unpaired) electrons. The first-order valence-corrected chi connectivity index (χ1v) is 10.4. The molecule has 0 bridgehead atoms. The summed E-state index contributed by atoms with van der Waals surface area (Å²) in [4.78, 5) is 14.9. The lowest BCUT2D eigenvalue weighted by atomic mass is 9.75. The molecule has 1 amide bonds. The topological polar surface area (TPSA) is 64.6 Å². The van der Waals surface area contributed by atoms with E-state index in [1.54, 1.807) is 4.90 Å². The average Bonchev–Trinajstić information content (AvgIpc) is 3.26. The second-order valence-electron chi connectivity index (χ2n) is 8.47. The number of carbonyl (C=O) groups excluding carboxylic acids is 1. The number of nitrogens with zero attached hydrogens (tertiary/aromatic N) is 1. The standard InChI is InChI=1S/C23H27F2N3O2/c24-18-8-7-17(19(25)11-18)13-23(15-29)9-4-10-28(14-23)22(30)21-12-20(26-27-21)16-5-2-1-3-6-16/h1-3,5-8,11,20-21,26-27,29H,4,9-10,12-15H2. The van der Waals surface area contributed by atoms with Crippen LogP contribution < -0.4 is 10.9 Å². The Morgan fingerprint density at radius 1 is 1.17 bits per heavy atom. The van der Waals surface area contributed by atoms with E-state index >= 15 is 0 Å². The molecule has 3 N–H and O–H groups in total. The van der Waals surface area contributed by atoms with Gasteiger partial charge in [-0.2, -0.15) is 0 Å². The van der Waals surface area contributed by atoms with Crippen molar-refractivity contribution in [2.75, 3.05) is 19.7 Å². The van der Waals surface area contributed by atoms with Crippen molar-refractivity contribution in [3.8, 4) is 0 Å². The van der Waals surface area contributed by atoms with Gasteiger partial charge in [-0.3, -0.25) is 4.79 Å². The molecule has 2 aliphatic rings. The molecule has 2 aliphatic heterocycles. The zero-order valence-corrected chi connectivity index (χ0v) is 16.8. The van der Waals surface area contributed by atoms with Crippen LogP contribution in [0.4, 0.5) is 8.78 Å². The van der Waals surface area contributed by atoms with Crippen LogP contribution in [0.25, 0.3) is 0 Å². The van der Waals surface area contributed by atoms with Gasteiger partial charge in [-0.05, 0) is 42.9 Å². The number of benzene rings is 2. The van der Waals surface area contributed by atoms with E-state index in [4.69, 9.17) is 0 Å². The predicted molar refractivity (Wildman–Crippen MR) is 109 cm³/mol. The van der Waals surface area contributed by atoms with Gasteiger partial charge >= 0.3 is 0 Å². The van der Waals surface area contributed by atoms with Gasteiger partial charge < -0.3 is 10.0 Å². The first-order chi connectivity index (χ1) is 14.5. The Morgan fingerprint density at radius 2 is 1.97 bits per heavy atom. The summed E-state index contributed by atoms with van der Waals surface area (Å²) in [7, 11) is 0. The van der Waals surface area contributed by atoms with Crippen LogP contribution in [0.5, 0.6) is 0 Å². The third kappa shape index (κ3) is 4.38. The number of halogens is 2. The van der Waals surface area contributed by atoms with Gasteiger partial charge in [-0.15, -0.1) is 0 Å². The van der Waals surface area contributed by atoms with Gasteiger partial charge in [0.1, 0.15) is 17.7 Å². The third-order valence-electron chi connectivity index (χ3n) is 6.29. The van der Waals surface area contributed by atoms with Crippen molar-refractivity contribution >= 4 is 5.91 Å². The highest BCUT2D eigenvalue weighted by molar-refractivity contribution is 5.82. The summed E-state index contributed by atoms with van der Waals surface area (Å²) in [5.41, 5.74) is 7.16. The Bertz CT molecular complexity index is 895. The number of likely N-dealkylation sites (tertiary alicyclic amines) is 1. The van der Waals surface area contributed by atoms with Gasteiger partial charge in [0.15, 0.2) is 0 Å². The minimum atomic E-state index is -0.628. The van der Waals surface area contributed by atoms with Gasteiger partial charge in [0.25, 0.3) is 0 Å². The van der Waals surface area contributed by atoms with E-state index in [-0.39, 0.29) is 31.0 Å². The summed E-state index contributed by atoms with van der Waals surface area (Å²) < 4.78 is 27.4. The van der Waals surface area contributed by atoms with Crippen molar-refractivity contribution in [2.24, 2.45) is 5.41 Å². The number of piperidine rings is 1. The fourth-order valence-corrected chi connectivity index (χ4v) is 4.64. The highest BCUT2D eigenvalue weighted by Gasteiger charge is 2.40. The second kappa shape index (κ2) is 8.79. The lowest BCUT2D eigenvalue weighted by Crippen LogP contribution is -2.53. The van der Waals surface area contributed by atoms with Gasteiger partial charge in [-0.1, -0.05) is 36.4 Å². The molecule has 7 heteroatoms. The maximum Gasteiger partial charge on any atom is 0.241 e. The summed E-state index contributed by atoms with van der Waals surface area (Å²) in [5.74, 6) is -1.25. The van der Waals surface area contributed by atoms with Crippen LogP contribution in [0, 0.1) is 17.0 Å². The van der Waals surface area contributed by atoms with Crippen molar-refractivity contribution < 1.29 is 18.7 Å². The molecule has 2 saturated heterocycles. The second-order valence-corrected chi connectivity index (χ2v) is 8.47. The van der Waals surface area contributed by atoms with Crippen LogP contribution in [0.15, 0.2) is 48.5 Å². The molecule has 0 aromatic heterocycles. The quantitative estimate of drug-likeness (QED) is 0.703. The van der Waals surface area contributed by atoms with Crippen molar-refractivity contribution in [3.63, 3.8) is 0 Å². The van der Waals surface area contributed by atoms with Crippen LogP contribution in [-0.2, 0) is 11.2 Å². The molecule has 3 atom stereocenters. The Morgan fingerprint density at radius 3 is 2.70 bits per heavy atom. The van der Waals surface area contributed by atoms with E-state index in [2.05, 4.69) is 10.9 Å². The molecule has 2 fully saturated rings. The molecule has 2 aromatic carbocycles. The number of aliphatic hydroxyl groups excluding tert-OH is 1. The van der Waals surface area contributed by atoms with Crippen LogP contribution >= 0.6 is 0 Å². The van der Waals surface area contributed by atoms with Gasteiger partial charge in [-0.25, -0.2) is 19.6 Å². The van der Waals surface area contributed by atoms with Crippen LogP contribution in [0.1, 0.15) is 36.4 Å². The molecular formula is C23H27F2N3O2. The van der Waals surface area contributed by atoms with Crippen LogP contribution in [-0.4, -0.2) is 41.7 Å². The Kier molecular flexibility index (Phi) is 6.13. The normalized spacial score (nSPS) is 26.7. The van der Waals surface area contributed by atoms with Crippen LogP contribution in [0.3, 0.4) is 0 Å². The number of hydrogen-bond donors (Lipinski definition) is 3. The van der Waals surface area contributed by atoms with E-state index in [1.807, 2.05) is 30.3 Å². The Balaban J connectivity index is 1.44. The van der Waals surface area contributed by atoms with E-state index in [0.717, 1.165) is 18.1 Å². The SMILES string of the molecule is O=C(C1CC(c2ccccc2)NN1)N1CCCC(CO)(Cc2ccc(F)cc2F)C1. The minimum Gasteiger partial charge on any atom is -0.396 e. The molecule has 0 spiro atoms. The minimum absolute atomic E-state index is 0.0157. The monoisotopic (exact) mass is 415 g/mol. The number of amides is 1. The maximum atomic E-state index is 14.2. The molecule has 30 heavy (non-hydrogen) atoms. The summed E-state index contributed by atoms with van der Waals surface area (Å²) in [6.07, 6.45) is 2.32. The number of hydrogen-bond acceptors (Lipinski definition) is 4. The van der Waals surface area contributed by atoms with Crippen molar-refractivity contribution in [2.45, 2.75) is 37.8 Å². The number of aliphatic hydroxyl groups is 1. The van der Waals surface area contributed by atoms with E-state index in [9.17, 15) is 18.7 Å². The highest BCUT2D eigenvalue weighted by Crippen LogP contribution is 2.35. The lowest BCUT2D eigenvalue weighted by Gasteiger charge is -2.42. The predicted octanol–water partition coefficient (Wildman–Crippen LogP) is 2.72. The van der Waals surface area contributed by atoms with Crippen molar-refractivity contribution in [1.29, 1.82) is 0 Å². The van der Waals surface area contributed by atoms with Gasteiger partial charge in [0.2, 0.25) is 5.91 Å². The smallest absolute Gasteiger partial charge is 0.241 e. The number of hydrazine groups is 1. The zero-order chi connectivity index (χ0) is 21.1. The van der Waals surface area contributed by atoms with Crippen molar-refractivity contribution in [1.82, 2.24) is 15.8 Å². The summed E-state index contributed by atoms with van der Waals surface area (Å²) in [6, 6.07) is 13.2. The molecule has 2 heterocycles. The number of carbonyl (C=O) groups is 1. The first kappa shape index (κ1) is 20.9. The number of rotatable bonds is 5.